The standard InChI is InChI=1S/C21H28N4O2/c1-3-16-9-4-5-10-17(16)23-21(27)20(26)22-15-19(25-13-6-7-14-25)18-11-8-12-24(18)2/h4-5,8-12,19H,3,6-7,13-15H2,1-2H3,(H,22,26)(H,23,27). The molecule has 1 saturated heterocycles. The number of rotatable bonds is 6. The van der Waals surface area contributed by atoms with Gasteiger partial charge in [0.15, 0.2) is 0 Å². The first-order valence-electron chi connectivity index (χ1n) is 9.62. The minimum absolute atomic E-state index is 0.0761. The second-order valence-corrected chi connectivity index (χ2v) is 6.98. The third-order valence-electron chi connectivity index (χ3n) is 5.22. The normalized spacial score (nSPS) is 15.5. The van der Waals surface area contributed by atoms with Crippen molar-refractivity contribution in [2.24, 2.45) is 7.05 Å². The van der Waals surface area contributed by atoms with E-state index in [-0.39, 0.29) is 6.04 Å². The Kier molecular flexibility index (Phi) is 6.29. The SMILES string of the molecule is CCc1ccccc1NC(=O)C(=O)NCC(c1cccn1C)N1CCCC1. The molecule has 2 aromatic rings. The summed E-state index contributed by atoms with van der Waals surface area (Å²) in [6.07, 6.45) is 5.14. The lowest BCUT2D eigenvalue weighted by molar-refractivity contribution is -0.136. The second-order valence-electron chi connectivity index (χ2n) is 6.98. The molecule has 27 heavy (non-hydrogen) atoms. The second kappa shape index (κ2) is 8.86. The maximum atomic E-state index is 12.4. The molecule has 2 amide bonds. The predicted molar refractivity (Wildman–Crippen MR) is 106 cm³/mol. The lowest BCUT2D eigenvalue weighted by atomic mass is 10.1. The summed E-state index contributed by atoms with van der Waals surface area (Å²) in [7, 11) is 2.01. The van der Waals surface area contributed by atoms with Crippen LogP contribution < -0.4 is 10.6 Å². The minimum atomic E-state index is -0.622. The van der Waals surface area contributed by atoms with Crippen LogP contribution >= 0.6 is 0 Å². The van der Waals surface area contributed by atoms with Gasteiger partial charge in [-0.15, -0.1) is 0 Å². The van der Waals surface area contributed by atoms with Crippen LogP contribution in [0.2, 0.25) is 0 Å². The molecule has 1 aromatic carbocycles. The Balaban J connectivity index is 1.63. The van der Waals surface area contributed by atoms with Crippen LogP contribution in [0.25, 0.3) is 0 Å². The smallest absolute Gasteiger partial charge is 0.313 e. The number of carbonyl (C=O) groups is 2. The van der Waals surface area contributed by atoms with E-state index < -0.39 is 11.8 Å². The molecular weight excluding hydrogens is 340 g/mol. The summed E-state index contributed by atoms with van der Waals surface area (Å²) in [5.74, 6) is -1.22. The highest BCUT2D eigenvalue weighted by Gasteiger charge is 2.26. The molecule has 144 valence electrons. The zero-order chi connectivity index (χ0) is 19.2. The zero-order valence-corrected chi connectivity index (χ0v) is 16.1. The first-order chi connectivity index (χ1) is 13.1. The molecule has 0 spiro atoms. The van der Waals surface area contributed by atoms with Crippen molar-refractivity contribution in [3.05, 3.63) is 53.9 Å². The van der Waals surface area contributed by atoms with Gasteiger partial charge >= 0.3 is 11.8 Å². The number of anilines is 1. The van der Waals surface area contributed by atoms with Crippen molar-refractivity contribution >= 4 is 17.5 Å². The number of benzene rings is 1. The molecule has 2 heterocycles. The lowest BCUT2D eigenvalue weighted by Crippen LogP contribution is -2.42. The molecule has 1 aliphatic heterocycles. The fourth-order valence-corrected chi connectivity index (χ4v) is 3.69. The highest BCUT2D eigenvalue weighted by Crippen LogP contribution is 2.24. The highest BCUT2D eigenvalue weighted by atomic mass is 16.2. The van der Waals surface area contributed by atoms with Crippen molar-refractivity contribution < 1.29 is 9.59 Å². The van der Waals surface area contributed by atoms with E-state index in [1.54, 1.807) is 0 Å². The number of nitrogens with one attached hydrogen (secondary N) is 2. The van der Waals surface area contributed by atoms with Gasteiger partial charge in [0.2, 0.25) is 0 Å². The molecule has 2 N–H and O–H groups in total. The van der Waals surface area contributed by atoms with Gasteiger partial charge < -0.3 is 15.2 Å². The average Bonchev–Trinajstić information content (AvgIpc) is 3.35. The van der Waals surface area contributed by atoms with Crippen LogP contribution in [0.1, 0.15) is 37.1 Å². The number of amides is 2. The van der Waals surface area contributed by atoms with Crippen LogP contribution in [0.3, 0.4) is 0 Å². The summed E-state index contributed by atoms with van der Waals surface area (Å²) in [5.41, 5.74) is 2.85. The molecular formula is C21H28N4O2. The van der Waals surface area contributed by atoms with E-state index in [1.807, 2.05) is 50.5 Å². The maximum Gasteiger partial charge on any atom is 0.313 e. The number of aromatic nitrogens is 1. The Bertz CT molecular complexity index is 793. The van der Waals surface area contributed by atoms with Crippen molar-refractivity contribution in [3.8, 4) is 0 Å². The number of likely N-dealkylation sites (tertiary alicyclic amines) is 1. The number of carbonyl (C=O) groups excluding carboxylic acids is 2. The molecule has 0 aliphatic carbocycles. The van der Waals surface area contributed by atoms with Crippen molar-refractivity contribution in [2.75, 3.05) is 25.0 Å². The third-order valence-corrected chi connectivity index (χ3v) is 5.22. The molecule has 1 unspecified atom stereocenters. The average molecular weight is 368 g/mol. The molecule has 6 heteroatoms. The van der Waals surface area contributed by atoms with Crippen molar-refractivity contribution in [1.29, 1.82) is 0 Å². The van der Waals surface area contributed by atoms with Crippen LogP contribution in [0.15, 0.2) is 42.6 Å². The van der Waals surface area contributed by atoms with Gasteiger partial charge in [-0.2, -0.15) is 0 Å². The molecule has 1 aromatic heterocycles. The number of para-hydroxylation sites is 1. The van der Waals surface area contributed by atoms with E-state index in [1.165, 1.54) is 12.8 Å². The quantitative estimate of drug-likeness (QED) is 0.770. The summed E-state index contributed by atoms with van der Waals surface area (Å²) in [6.45, 7) is 4.47. The van der Waals surface area contributed by atoms with Gasteiger partial charge in [0.1, 0.15) is 0 Å². The molecule has 6 nitrogen and oxygen atoms in total. The fraction of sp³-hybridized carbons (Fsp3) is 0.429. The monoisotopic (exact) mass is 368 g/mol. The Morgan fingerprint density at radius 1 is 1.07 bits per heavy atom. The molecule has 1 aliphatic rings. The molecule has 1 fully saturated rings. The summed E-state index contributed by atoms with van der Waals surface area (Å²) in [6, 6.07) is 11.7. The Morgan fingerprint density at radius 2 is 1.81 bits per heavy atom. The van der Waals surface area contributed by atoms with Crippen LogP contribution in [-0.2, 0) is 23.1 Å². The Morgan fingerprint density at radius 3 is 2.48 bits per heavy atom. The van der Waals surface area contributed by atoms with Gasteiger partial charge in [-0.1, -0.05) is 25.1 Å². The fourth-order valence-electron chi connectivity index (χ4n) is 3.69. The van der Waals surface area contributed by atoms with Gasteiger partial charge in [-0.3, -0.25) is 14.5 Å². The molecule has 3 rings (SSSR count). The zero-order valence-electron chi connectivity index (χ0n) is 16.1. The van der Waals surface area contributed by atoms with Crippen molar-refractivity contribution in [1.82, 2.24) is 14.8 Å². The van der Waals surface area contributed by atoms with E-state index in [4.69, 9.17) is 0 Å². The first-order valence-corrected chi connectivity index (χ1v) is 9.62. The van der Waals surface area contributed by atoms with Crippen LogP contribution in [0.5, 0.6) is 0 Å². The lowest BCUT2D eigenvalue weighted by Gasteiger charge is -2.28. The third kappa shape index (κ3) is 4.57. The largest absolute Gasteiger partial charge is 0.353 e. The molecule has 0 bridgehead atoms. The van der Waals surface area contributed by atoms with Gasteiger partial charge in [0.05, 0.1) is 6.04 Å². The Hall–Kier alpha value is -2.60. The highest BCUT2D eigenvalue weighted by molar-refractivity contribution is 6.39. The number of hydrogen-bond donors (Lipinski definition) is 2. The number of hydrogen-bond acceptors (Lipinski definition) is 3. The Labute approximate surface area is 160 Å². The van der Waals surface area contributed by atoms with E-state index in [9.17, 15) is 9.59 Å². The van der Waals surface area contributed by atoms with Crippen molar-refractivity contribution in [3.63, 3.8) is 0 Å². The first kappa shape index (κ1) is 19.2. The minimum Gasteiger partial charge on any atom is -0.353 e. The molecule has 1 atom stereocenters. The van der Waals surface area contributed by atoms with Gasteiger partial charge in [0.25, 0.3) is 0 Å². The van der Waals surface area contributed by atoms with Gasteiger partial charge in [-0.25, -0.2) is 0 Å². The van der Waals surface area contributed by atoms with E-state index in [0.29, 0.717) is 12.2 Å². The summed E-state index contributed by atoms with van der Waals surface area (Å²) >= 11 is 0. The van der Waals surface area contributed by atoms with E-state index >= 15 is 0 Å². The predicted octanol–water partition coefficient (Wildman–Crippen LogP) is 2.48. The topological polar surface area (TPSA) is 66.4 Å². The van der Waals surface area contributed by atoms with Gasteiger partial charge in [0, 0.05) is 31.2 Å². The van der Waals surface area contributed by atoms with E-state index in [2.05, 4.69) is 26.2 Å². The van der Waals surface area contributed by atoms with Crippen LogP contribution in [-0.4, -0.2) is 40.9 Å². The number of aryl methyl sites for hydroxylation is 2. The summed E-state index contributed by atoms with van der Waals surface area (Å²) in [5, 5.41) is 5.56. The maximum absolute atomic E-state index is 12.4. The summed E-state index contributed by atoms with van der Waals surface area (Å²) in [4.78, 5) is 27.1. The molecule has 0 radical (unpaired) electrons. The number of nitrogens with zero attached hydrogens (tertiary/aromatic N) is 2. The summed E-state index contributed by atoms with van der Waals surface area (Å²) < 4.78 is 2.08. The van der Waals surface area contributed by atoms with Crippen LogP contribution in [0, 0.1) is 0 Å². The van der Waals surface area contributed by atoms with Crippen molar-refractivity contribution in [2.45, 2.75) is 32.2 Å². The molecule has 0 saturated carbocycles. The van der Waals surface area contributed by atoms with Gasteiger partial charge in [-0.05, 0) is 56.1 Å². The van der Waals surface area contributed by atoms with E-state index in [0.717, 1.165) is 30.8 Å². The van der Waals surface area contributed by atoms with Crippen LogP contribution in [0.4, 0.5) is 5.69 Å².